The van der Waals surface area contributed by atoms with Crippen LogP contribution in [0.15, 0.2) is 0 Å². The molecule has 0 aliphatic carbocycles. The van der Waals surface area contributed by atoms with Crippen molar-refractivity contribution < 1.29 is 31.5 Å². The average molecular weight is 224 g/mol. The van der Waals surface area contributed by atoms with Gasteiger partial charge in [-0.1, -0.05) is 0 Å². The molecule has 9 heteroatoms. The SMILES string of the molecule is O=P(O)(O)O.O[As](O)O. The summed E-state index contributed by atoms with van der Waals surface area (Å²) in [4.78, 5) is 21.6. The molecule has 0 radical (unpaired) electrons. The van der Waals surface area contributed by atoms with E-state index in [0.29, 0.717) is 0 Å². The number of hydrogen-bond acceptors (Lipinski definition) is 4. The van der Waals surface area contributed by atoms with Crippen LogP contribution in [-0.4, -0.2) is 42.6 Å². The van der Waals surface area contributed by atoms with E-state index in [9.17, 15) is 0 Å². The van der Waals surface area contributed by atoms with E-state index < -0.39 is 23.5 Å². The van der Waals surface area contributed by atoms with Crippen molar-refractivity contribution in [1.82, 2.24) is 0 Å². The van der Waals surface area contributed by atoms with Crippen LogP contribution in [0.25, 0.3) is 0 Å². The van der Waals surface area contributed by atoms with E-state index >= 15 is 0 Å². The van der Waals surface area contributed by atoms with Gasteiger partial charge in [0.2, 0.25) is 0 Å². The molecule has 0 aromatic heterocycles. The Morgan fingerprint density at radius 2 is 1.00 bits per heavy atom. The fourth-order valence-electron chi connectivity index (χ4n) is 0. The van der Waals surface area contributed by atoms with E-state index in [4.69, 9.17) is 31.5 Å². The second-order valence-corrected chi connectivity index (χ2v) is 2.93. The van der Waals surface area contributed by atoms with Gasteiger partial charge in [0.25, 0.3) is 0 Å². The Kier molecular flexibility index (Phi) is 7.27. The van der Waals surface area contributed by atoms with Crippen LogP contribution < -0.4 is 0 Å². The standard InChI is InChI=1S/AsH3O3.H3O4P/c2-1(3)4;1-5(2,3)4/h2-4H;(H3,1,2,3,4). The number of phosphoric acid groups is 1. The molecule has 0 atom stereocenters. The van der Waals surface area contributed by atoms with Crippen molar-refractivity contribution in [3.8, 4) is 0 Å². The molecular weight excluding hydrogens is 218 g/mol. The number of rotatable bonds is 0. The first-order valence-corrected chi connectivity index (χ1v) is 5.47. The quantitative estimate of drug-likeness (QED) is 0.190. The first kappa shape index (κ1) is 12.2. The first-order valence-electron chi connectivity index (χ1n) is 1.38. The molecule has 58 valence electrons. The fourth-order valence-corrected chi connectivity index (χ4v) is 0. The van der Waals surface area contributed by atoms with Crippen LogP contribution in [0.3, 0.4) is 0 Å². The molecule has 0 heterocycles. The van der Waals surface area contributed by atoms with E-state index in [2.05, 4.69) is 0 Å². The zero-order chi connectivity index (χ0) is 8.08. The third-order valence-electron chi connectivity index (χ3n) is 0. The van der Waals surface area contributed by atoms with Crippen LogP contribution in [-0.2, 0) is 4.57 Å². The van der Waals surface area contributed by atoms with Crippen molar-refractivity contribution >= 4 is 23.5 Å². The maximum atomic E-state index is 8.88. The maximum absolute atomic E-state index is 8.88. The van der Waals surface area contributed by atoms with Crippen LogP contribution in [0, 0.1) is 0 Å². The van der Waals surface area contributed by atoms with Gasteiger partial charge in [-0.25, -0.2) is 4.57 Å². The summed E-state index contributed by atoms with van der Waals surface area (Å²) in [5.74, 6) is 0. The van der Waals surface area contributed by atoms with Gasteiger partial charge in [0.15, 0.2) is 0 Å². The Labute approximate surface area is 55.8 Å². The predicted octanol–water partition coefficient (Wildman–Crippen LogP) is -2.98. The molecule has 6 N–H and O–H groups in total. The molecule has 0 aliphatic heterocycles. The van der Waals surface area contributed by atoms with Crippen molar-refractivity contribution in [1.29, 1.82) is 0 Å². The topological polar surface area (TPSA) is 138 Å². The summed E-state index contributed by atoms with van der Waals surface area (Å²) < 4.78 is 30.8. The minimum absolute atomic E-state index is 3.19. The molecule has 0 aromatic carbocycles. The second-order valence-electron chi connectivity index (χ2n) is 0.782. The van der Waals surface area contributed by atoms with E-state index in [0.717, 1.165) is 0 Å². The summed E-state index contributed by atoms with van der Waals surface area (Å²) in [5, 5.41) is 0. The van der Waals surface area contributed by atoms with Crippen molar-refractivity contribution in [3.05, 3.63) is 0 Å². The van der Waals surface area contributed by atoms with Gasteiger partial charge in [0.05, 0.1) is 0 Å². The van der Waals surface area contributed by atoms with Crippen LogP contribution in [0.2, 0.25) is 0 Å². The minimum atomic E-state index is -4.64. The van der Waals surface area contributed by atoms with E-state index in [-0.39, 0.29) is 0 Å². The van der Waals surface area contributed by atoms with E-state index in [1.165, 1.54) is 0 Å². The summed E-state index contributed by atoms with van der Waals surface area (Å²) in [7, 11) is -4.64. The summed E-state index contributed by atoms with van der Waals surface area (Å²) in [5.41, 5.74) is 0. The molecule has 0 saturated heterocycles. The summed E-state index contributed by atoms with van der Waals surface area (Å²) >= 11 is -3.19. The molecule has 0 rings (SSSR count). The third-order valence-corrected chi connectivity index (χ3v) is 0. The van der Waals surface area contributed by atoms with Gasteiger partial charge in [-0.05, 0) is 0 Å². The molecule has 0 spiro atoms. The zero-order valence-electron chi connectivity index (χ0n) is 3.99. The molecule has 0 bridgehead atoms. The molecular formula is H6AsO7P. The molecule has 0 aliphatic rings. The predicted molar refractivity (Wildman–Crippen MR) is 26.7 cm³/mol. The Morgan fingerprint density at radius 3 is 1.00 bits per heavy atom. The van der Waals surface area contributed by atoms with E-state index in [1.54, 1.807) is 0 Å². The van der Waals surface area contributed by atoms with Crippen molar-refractivity contribution in [3.63, 3.8) is 0 Å². The summed E-state index contributed by atoms with van der Waals surface area (Å²) in [6, 6.07) is 0. The monoisotopic (exact) mass is 224 g/mol. The van der Waals surface area contributed by atoms with Gasteiger partial charge >= 0.3 is 35.8 Å². The third kappa shape index (κ3) is 1220. The Morgan fingerprint density at radius 1 is 1.00 bits per heavy atom. The molecule has 0 unspecified atom stereocenters. The van der Waals surface area contributed by atoms with Crippen molar-refractivity contribution in [2.75, 3.05) is 0 Å². The Hall–Kier alpha value is 0.548. The first-order chi connectivity index (χ1) is 3.73. The van der Waals surface area contributed by atoms with Crippen LogP contribution in [0.5, 0.6) is 0 Å². The normalized spacial score (nSPS) is 10.6. The fraction of sp³-hybridized carbons (Fsp3) is 0. The Balaban J connectivity index is 0. The molecule has 7 nitrogen and oxygen atoms in total. The zero-order valence-corrected chi connectivity index (χ0v) is 6.76. The molecule has 0 saturated carbocycles. The number of hydrogen-bond donors (Lipinski definition) is 6. The van der Waals surface area contributed by atoms with Gasteiger partial charge in [-0.2, -0.15) is 0 Å². The molecule has 0 amide bonds. The molecule has 9 heavy (non-hydrogen) atoms. The summed E-state index contributed by atoms with van der Waals surface area (Å²) in [6.07, 6.45) is 0. The van der Waals surface area contributed by atoms with Crippen LogP contribution in [0.4, 0.5) is 0 Å². The van der Waals surface area contributed by atoms with E-state index in [1.807, 2.05) is 0 Å². The van der Waals surface area contributed by atoms with Crippen LogP contribution in [0.1, 0.15) is 0 Å². The van der Waals surface area contributed by atoms with Gasteiger partial charge in [-0.15, -0.1) is 0 Å². The second kappa shape index (κ2) is 5.34. The van der Waals surface area contributed by atoms with Crippen molar-refractivity contribution in [2.24, 2.45) is 0 Å². The molecule has 0 aromatic rings. The van der Waals surface area contributed by atoms with Crippen LogP contribution >= 0.6 is 7.82 Å². The van der Waals surface area contributed by atoms with Gasteiger partial charge in [0, 0.05) is 0 Å². The molecule has 0 fully saturated rings. The van der Waals surface area contributed by atoms with Crippen molar-refractivity contribution in [2.45, 2.75) is 0 Å². The summed E-state index contributed by atoms with van der Waals surface area (Å²) in [6.45, 7) is 0. The van der Waals surface area contributed by atoms with Gasteiger partial charge in [0.1, 0.15) is 0 Å². The average Bonchev–Trinajstić information content (AvgIpc) is 1.19. The van der Waals surface area contributed by atoms with Gasteiger partial charge in [-0.3, -0.25) is 0 Å². The Bertz CT molecular complexity index is 80.1. The van der Waals surface area contributed by atoms with Gasteiger partial charge < -0.3 is 14.7 Å².